The third-order valence-electron chi connectivity index (χ3n) is 4.21. The molecule has 0 aliphatic rings. The molecule has 134 valence electrons. The summed E-state index contributed by atoms with van der Waals surface area (Å²) in [5.74, 6) is -0.296. The minimum Gasteiger partial charge on any atom is -0.505 e. The molecule has 1 amide bonds. The van der Waals surface area contributed by atoms with Gasteiger partial charge in [-0.2, -0.15) is 5.10 Å². The Bertz CT molecular complexity index is 963. The Hall–Kier alpha value is -3.19. The van der Waals surface area contributed by atoms with Crippen LogP contribution in [-0.2, 0) is 17.8 Å². The van der Waals surface area contributed by atoms with Crippen molar-refractivity contribution in [2.24, 2.45) is 5.10 Å². The lowest BCUT2D eigenvalue weighted by Gasteiger charge is -2.07. The summed E-state index contributed by atoms with van der Waals surface area (Å²) in [5, 5.41) is 24.3. The molecule has 0 fully saturated rings. The molecular weight excluding hydrogens is 332 g/mol. The molecule has 0 aliphatic carbocycles. The highest BCUT2D eigenvalue weighted by Gasteiger charge is 2.10. The van der Waals surface area contributed by atoms with Gasteiger partial charge in [0, 0.05) is 40.8 Å². The molecule has 0 radical (unpaired) electrons. The lowest BCUT2D eigenvalue weighted by molar-refractivity contribution is -0.121. The number of aliphatic hydroxyl groups is 1. The number of aromatic nitrogens is 2. The number of hydrazone groups is 1. The number of rotatable bonds is 6. The number of para-hydroxylation sites is 1. The third-order valence-corrected chi connectivity index (χ3v) is 4.21. The fraction of sp³-hybridized carbons (Fsp3) is 0.211. The van der Waals surface area contributed by atoms with Crippen molar-refractivity contribution in [2.75, 3.05) is 0 Å². The Morgan fingerprint density at radius 1 is 1.35 bits per heavy atom. The minimum atomic E-state index is -0.281. The van der Waals surface area contributed by atoms with Gasteiger partial charge in [-0.1, -0.05) is 18.2 Å². The number of carbonyl (C=O) groups excluding carboxylic acids is 1. The van der Waals surface area contributed by atoms with Crippen LogP contribution in [-0.4, -0.2) is 32.3 Å². The minimum absolute atomic E-state index is 0.0617. The van der Waals surface area contributed by atoms with Crippen molar-refractivity contribution in [2.45, 2.75) is 26.4 Å². The summed E-state index contributed by atoms with van der Waals surface area (Å²) in [6, 6.07) is 7.93. The zero-order chi connectivity index (χ0) is 18.5. The molecule has 0 unspecified atom stereocenters. The summed E-state index contributed by atoms with van der Waals surface area (Å²) in [6.07, 6.45) is 5.57. The van der Waals surface area contributed by atoms with E-state index in [1.807, 2.05) is 30.5 Å². The number of hydrogen-bond acceptors (Lipinski definition) is 5. The molecule has 7 heteroatoms. The first-order valence-electron chi connectivity index (χ1n) is 8.25. The molecule has 26 heavy (non-hydrogen) atoms. The molecule has 3 rings (SSSR count). The van der Waals surface area contributed by atoms with Gasteiger partial charge in [0.1, 0.15) is 5.75 Å². The second kappa shape index (κ2) is 7.79. The molecule has 0 saturated heterocycles. The van der Waals surface area contributed by atoms with Gasteiger partial charge in [0.05, 0.1) is 18.5 Å². The number of hydrogen-bond donors (Lipinski definition) is 4. The predicted octanol–water partition coefficient (Wildman–Crippen LogP) is 2.15. The van der Waals surface area contributed by atoms with E-state index in [-0.39, 0.29) is 24.7 Å². The highest BCUT2D eigenvalue weighted by Crippen LogP contribution is 2.22. The first-order chi connectivity index (χ1) is 12.6. The van der Waals surface area contributed by atoms with Crippen LogP contribution in [0, 0.1) is 6.92 Å². The molecule has 0 spiro atoms. The van der Waals surface area contributed by atoms with E-state index >= 15 is 0 Å². The van der Waals surface area contributed by atoms with Crippen LogP contribution >= 0.6 is 0 Å². The van der Waals surface area contributed by atoms with Gasteiger partial charge in [0.25, 0.3) is 0 Å². The normalized spacial score (nSPS) is 11.3. The first-order valence-corrected chi connectivity index (χ1v) is 8.25. The predicted molar refractivity (Wildman–Crippen MR) is 98.9 cm³/mol. The van der Waals surface area contributed by atoms with Gasteiger partial charge < -0.3 is 15.2 Å². The molecule has 7 nitrogen and oxygen atoms in total. The summed E-state index contributed by atoms with van der Waals surface area (Å²) in [7, 11) is 0. The van der Waals surface area contributed by atoms with Crippen LogP contribution in [0.5, 0.6) is 5.75 Å². The van der Waals surface area contributed by atoms with E-state index in [9.17, 15) is 15.0 Å². The largest absolute Gasteiger partial charge is 0.505 e. The molecule has 0 aliphatic heterocycles. The number of aryl methyl sites for hydroxylation is 2. The maximum Gasteiger partial charge on any atom is 0.240 e. The Morgan fingerprint density at radius 2 is 2.15 bits per heavy atom. The maximum atomic E-state index is 12.0. The van der Waals surface area contributed by atoms with Gasteiger partial charge in [-0.3, -0.25) is 9.78 Å². The number of benzene rings is 1. The third kappa shape index (κ3) is 3.73. The number of pyridine rings is 1. The van der Waals surface area contributed by atoms with Crippen molar-refractivity contribution < 1.29 is 15.0 Å². The van der Waals surface area contributed by atoms with Gasteiger partial charge in [0.2, 0.25) is 5.91 Å². The van der Waals surface area contributed by atoms with Gasteiger partial charge in [-0.15, -0.1) is 0 Å². The highest BCUT2D eigenvalue weighted by molar-refractivity contribution is 5.87. The van der Waals surface area contributed by atoms with Crippen LogP contribution in [0.15, 0.2) is 41.8 Å². The Kier molecular flexibility index (Phi) is 5.28. The number of aliphatic hydroxyl groups excluding tert-OH is 1. The lowest BCUT2D eigenvalue weighted by Crippen LogP contribution is -2.18. The van der Waals surface area contributed by atoms with Gasteiger partial charge in [-0.25, -0.2) is 5.43 Å². The number of amides is 1. The van der Waals surface area contributed by atoms with Crippen molar-refractivity contribution in [1.82, 2.24) is 15.4 Å². The van der Waals surface area contributed by atoms with Gasteiger partial charge >= 0.3 is 0 Å². The number of aromatic hydroxyl groups is 1. The van der Waals surface area contributed by atoms with Crippen LogP contribution in [0.3, 0.4) is 0 Å². The average molecular weight is 352 g/mol. The van der Waals surface area contributed by atoms with E-state index in [0.29, 0.717) is 23.2 Å². The van der Waals surface area contributed by atoms with Crippen LogP contribution < -0.4 is 5.43 Å². The van der Waals surface area contributed by atoms with Crippen LogP contribution in [0.2, 0.25) is 0 Å². The summed E-state index contributed by atoms with van der Waals surface area (Å²) in [4.78, 5) is 19.2. The molecule has 0 bridgehead atoms. The Morgan fingerprint density at radius 3 is 2.96 bits per heavy atom. The SMILES string of the molecule is Cc1ncc(CO)c(/C=N/NC(=O)CCc2c[nH]c3ccccc23)c1O. The molecule has 2 heterocycles. The van der Waals surface area contributed by atoms with Gasteiger partial charge in [0.15, 0.2) is 0 Å². The van der Waals surface area contributed by atoms with E-state index in [1.165, 1.54) is 12.4 Å². The van der Waals surface area contributed by atoms with E-state index in [4.69, 9.17) is 0 Å². The molecule has 4 N–H and O–H groups in total. The number of nitrogens with one attached hydrogen (secondary N) is 2. The second-order valence-electron chi connectivity index (χ2n) is 5.94. The molecule has 1 aromatic carbocycles. The summed E-state index contributed by atoms with van der Waals surface area (Å²) in [6.45, 7) is 1.37. The topological polar surface area (TPSA) is 111 Å². The standard InChI is InChI=1S/C19H20N4O3/c1-12-19(26)16(14(11-24)9-20-12)10-22-23-18(25)7-6-13-8-21-17-5-3-2-4-15(13)17/h2-5,8-10,21,24,26H,6-7,11H2,1H3,(H,23,25)/b22-10+. The summed E-state index contributed by atoms with van der Waals surface area (Å²) in [5.41, 5.74) is 5.77. The quantitative estimate of drug-likeness (QED) is 0.402. The number of H-pyrrole nitrogens is 1. The Balaban J connectivity index is 1.61. The summed E-state index contributed by atoms with van der Waals surface area (Å²) < 4.78 is 0. The number of aromatic amines is 1. The fourth-order valence-corrected chi connectivity index (χ4v) is 2.73. The molecule has 0 saturated carbocycles. The molecular formula is C19H20N4O3. The van der Waals surface area contributed by atoms with Crippen LogP contribution in [0.1, 0.15) is 28.8 Å². The van der Waals surface area contributed by atoms with Gasteiger partial charge in [-0.05, 0) is 25.0 Å². The maximum absolute atomic E-state index is 12.0. The van der Waals surface area contributed by atoms with E-state index < -0.39 is 0 Å². The number of nitrogens with zero attached hydrogens (tertiary/aromatic N) is 2. The van der Waals surface area contributed by atoms with Crippen molar-refractivity contribution in [3.05, 3.63) is 59.0 Å². The van der Waals surface area contributed by atoms with Crippen LogP contribution in [0.4, 0.5) is 0 Å². The van der Waals surface area contributed by atoms with Crippen molar-refractivity contribution in [3.63, 3.8) is 0 Å². The van der Waals surface area contributed by atoms with Crippen LogP contribution in [0.25, 0.3) is 10.9 Å². The van der Waals surface area contributed by atoms with Crippen molar-refractivity contribution >= 4 is 23.0 Å². The zero-order valence-corrected chi connectivity index (χ0v) is 14.4. The fourth-order valence-electron chi connectivity index (χ4n) is 2.73. The summed E-state index contributed by atoms with van der Waals surface area (Å²) >= 11 is 0. The Labute approximate surface area is 150 Å². The van der Waals surface area contributed by atoms with E-state index in [0.717, 1.165) is 16.5 Å². The smallest absolute Gasteiger partial charge is 0.240 e. The molecule has 2 aromatic heterocycles. The monoisotopic (exact) mass is 352 g/mol. The van der Waals surface area contributed by atoms with E-state index in [2.05, 4.69) is 20.5 Å². The second-order valence-corrected chi connectivity index (χ2v) is 5.94. The van der Waals surface area contributed by atoms with Crippen molar-refractivity contribution in [3.8, 4) is 5.75 Å². The zero-order valence-electron chi connectivity index (χ0n) is 14.4. The molecule has 3 aromatic rings. The van der Waals surface area contributed by atoms with Crippen molar-refractivity contribution in [1.29, 1.82) is 0 Å². The average Bonchev–Trinajstić information content (AvgIpc) is 3.07. The first kappa shape index (κ1) is 17.6. The lowest BCUT2D eigenvalue weighted by atomic mass is 10.1. The highest BCUT2D eigenvalue weighted by atomic mass is 16.3. The van der Waals surface area contributed by atoms with E-state index in [1.54, 1.807) is 6.92 Å². The number of carbonyl (C=O) groups is 1. The number of fused-ring (bicyclic) bond motifs is 1. The molecule has 0 atom stereocenters.